The van der Waals surface area contributed by atoms with Crippen LogP contribution in [0.5, 0.6) is 0 Å². The maximum absolute atomic E-state index is 12.2. The van der Waals surface area contributed by atoms with Crippen molar-refractivity contribution in [3.63, 3.8) is 0 Å². The smallest absolute Gasteiger partial charge is 0.325 e. The Morgan fingerprint density at radius 2 is 1.86 bits per heavy atom. The van der Waals surface area contributed by atoms with Gasteiger partial charge in [0.05, 0.1) is 17.7 Å². The summed E-state index contributed by atoms with van der Waals surface area (Å²) in [7, 11) is 1.23. The van der Waals surface area contributed by atoms with E-state index >= 15 is 0 Å². The maximum Gasteiger partial charge on any atom is 0.325 e. The number of amides is 2. The van der Waals surface area contributed by atoms with Gasteiger partial charge in [0.15, 0.2) is 0 Å². The van der Waals surface area contributed by atoms with Gasteiger partial charge in [0, 0.05) is 0 Å². The van der Waals surface area contributed by atoms with Gasteiger partial charge in [-0.25, -0.2) is 0 Å². The molecule has 0 saturated heterocycles. The third-order valence-corrected chi connectivity index (χ3v) is 3.32. The van der Waals surface area contributed by atoms with Crippen LogP contribution in [0.15, 0.2) is 24.3 Å². The summed E-state index contributed by atoms with van der Waals surface area (Å²) in [6.45, 7) is 3.32. The van der Waals surface area contributed by atoms with E-state index in [2.05, 4.69) is 15.4 Å². The molecule has 1 atom stereocenters. The number of ether oxygens (including phenoxy) is 1. The average Bonchev–Trinajstić information content (AvgIpc) is 2.49. The zero-order valence-corrected chi connectivity index (χ0v) is 13.4. The SMILES string of the molecule is COC(=O)CNC(=O)[C@H](NC(=O)c1ccccc1Cl)C(C)C. The van der Waals surface area contributed by atoms with Crippen molar-refractivity contribution in [1.29, 1.82) is 0 Å². The minimum atomic E-state index is -0.784. The lowest BCUT2D eigenvalue weighted by atomic mass is 10.0. The number of esters is 1. The topological polar surface area (TPSA) is 84.5 Å². The second-order valence-corrected chi connectivity index (χ2v) is 5.38. The normalized spacial score (nSPS) is 11.7. The van der Waals surface area contributed by atoms with E-state index < -0.39 is 23.8 Å². The highest BCUT2D eigenvalue weighted by molar-refractivity contribution is 6.33. The molecule has 0 heterocycles. The maximum atomic E-state index is 12.2. The van der Waals surface area contributed by atoms with Crippen molar-refractivity contribution in [3.8, 4) is 0 Å². The number of benzene rings is 1. The van der Waals surface area contributed by atoms with Crippen molar-refractivity contribution in [2.24, 2.45) is 5.92 Å². The fourth-order valence-electron chi connectivity index (χ4n) is 1.74. The molecule has 2 N–H and O–H groups in total. The Kier molecular flexibility index (Phi) is 6.85. The van der Waals surface area contributed by atoms with Gasteiger partial charge in [-0.1, -0.05) is 37.6 Å². The quantitative estimate of drug-likeness (QED) is 0.774. The number of hydrogen-bond acceptors (Lipinski definition) is 4. The summed E-state index contributed by atoms with van der Waals surface area (Å²) in [5.74, 6) is -1.63. The fourth-order valence-corrected chi connectivity index (χ4v) is 1.96. The highest BCUT2D eigenvalue weighted by Gasteiger charge is 2.25. The molecule has 1 aromatic carbocycles. The second kappa shape index (κ2) is 8.38. The van der Waals surface area contributed by atoms with Gasteiger partial charge >= 0.3 is 5.97 Å². The molecule has 7 heteroatoms. The number of rotatable bonds is 6. The van der Waals surface area contributed by atoms with Crippen molar-refractivity contribution < 1.29 is 19.1 Å². The van der Waals surface area contributed by atoms with Crippen LogP contribution >= 0.6 is 11.6 Å². The van der Waals surface area contributed by atoms with Crippen LogP contribution in [-0.2, 0) is 14.3 Å². The Hall–Kier alpha value is -2.08. The number of hydrogen-bond donors (Lipinski definition) is 2. The van der Waals surface area contributed by atoms with Crippen LogP contribution in [0.3, 0.4) is 0 Å². The van der Waals surface area contributed by atoms with Crippen LogP contribution < -0.4 is 10.6 Å². The Morgan fingerprint density at radius 3 is 2.41 bits per heavy atom. The molecule has 1 rings (SSSR count). The van der Waals surface area contributed by atoms with E-state index in [0.29, 0.717) is 5.02 Å². The van der Waals surface area contributed by atoms with Crippen LogP contribution in [0.4, 0.5) is 0 Å². The van der Waals surface area contributed by atoms with Crippen LogP contribution in [0.1, 0.15) is 24.2 Å². The first-order valence-electron chi connectivity index (χ1n) is 6.76. The molecule has 0 spiro atoms. The molecule has 6 nitrogen and oxygen atoms in total. The summed E-state index contributed by atoms with van der Waals surface area (Å²) in [5.41, 5.74) is 0.288. The van der Waals surface area contributed by atoms with Crippen molar-refractivity contribution >= 4 is 29.4 Å². The molecule has 0 aliphatic heterocycles. The molecule has 0 aliphatic rings. The third kappa shape index (κ3) is 5.04. The van der Waals surface area contributed by atoms with Crippen LogP contribution in [0, 0.1) is 5.92 Å². The molecular weight excluding hydrogens is 308 g/mol. The lowest BCUT2D eigenvalue weighted by Gasteiger charge is -2.21. The van der Waals surface area contributed by atoms with E-state index in [1.807, 2.05) is 0 Å². The first-order valence-corrected chi connectivity index (χ1v) is 7.14. The van der Waals surface area contributed by atoms with Gasteiger partial charge in [0.1, 0.15) is 12.6 Å². The molecule has 0 radical (unpaired) electrons. The zero-order valence-electron chi connectivity index (χ0n) is 12.7. The Morgan fingerprint density at radius 1 is 1.23 bits per heavy atom. The van der Waals surface area contributed by atoms with Crippen molar-refractivity contribution in [3.05, 3.63) is 34.9 Å². The molecular formula is C15H19ClN2O4. The molecule has 0 bridgehead atoms. The summed E-state index contributed by atoms with van der Waals surface area (Å²) >= 11 is 5.96. The molecule has 0 saturated carbocycles. The van der Waals surface area contributed by atoms with Crippen molar-refractivity contribution in [2.45, 2.75) is 19.9 Å². The Labute approximate surface area is 134 Å². The van der Waals surface area contributed by atoms with Gasteiger partial charge in [-0.2, -0.15) is 0 Å². The predicted molar refractivity (Wildman–Crippen MR) is 82.6 cm³/mol. The fraction of sp³-hybridized carbons (Fsp3) is 0.400. The van der Waals surface area contributed by atoms with Gasteiger partial charge in [-0.15, -0.1) is 0 Å². The molecule has 1 aromatic rings. The Balaban J connectivity index is 2.76. The van der Waals surface area contributed by atoms with Crippen molar-refractivity contribution in [1.82, 2.24) is 10.6 Å². The number of carbonyl (C=O) groups excluding carboxylic acids is 3. The minimum Gasteiger partial charge on any atom is -0.468 e. The van der Waals surface area contributed by atoms with E-state index in [1.165, 1.54) is 7.11 Å². The molecule has 22 heavy (non-hydrogen) atoms. The van der Waals surface area contributed by atoms with Crippen LogP contribution in [0.2, 0.25) is 5.02 Å². The lowest BCUT2D eigenvalue weighted by Crippen LogP contribution is -2.50. The van der Waals surface area contributed by atoms with E-state index in [4.69, 9.17) is 11.6 Å². The minimum absolute atomic E-state index is 0.163. The predicted octanol–water partition coefficient (Wildman–Crippen LogP) is 1.38. The van der Waals surface area contributed by atoms with Gasteiger partial charge in [0.2, 0.25) is 5.91 Å². The lowest BCUT2D eigenvalue weighted by molar-refractivity contribution is -0.141. The monoisotopic (exact) mass is 326 g/mol. The molecule has 2 amide bonds. The number of carbonyl (C=O) groups is 3. The van der Waals surface area contributed by atoms with E-state index in [1.54, 1.807) is 38.1 Å². The first-order chi connectivity index (χ1) is 10.4. The third-order valence-electron chi connectivity index (χ3n) is 2.99. The van der Waals surface area contributed by atoms with Gasteiger partial charge < -0.3 is 15.4 Å². The standard InChI is InChI=1S/C15H19ClN2O4/c1-9(2)13(15(21)17-8-12(19)22-3)18-14(20)10-6-4-5-7-11(10)16/h4-7,9,13H,8H2,1-3H3,(H,17,21)(H,18,20)/t13-/m1/s1. The summed E-state index contributed by atoms with van der Waals surface area (Å²) < 4.78 is 4.45. The van der Waals surface area contributed by atoms with Crippen LogP contribution in [-0.4, -0.2) is 37.5 Å². The summed E-state index contributed by atoms with van der Waals surface area (Å²) in [6, 6.07) is 5.78. The van der Waals surface area contributed by atoms with Gasteiger partial charge in [-0.05, 0) is 18.1 Å². The highest BCUT2D eigenvalue weighted by Crippen LogP contribution is 2.15. The van der Waals surface area contributed by atoms with Crippen LogP contribution in [0.25, 0.3) is 0 Å². The second-order valence-electron chi connectivity index (χ2n) is 4.97. The van der Waals surface area contributed by atoms with E-state index in [9.17, 15) is 14.4 Å². The van der Waals surface area contributed by atoms with Gasteiger partial charge in [-0.3, -0.25) is 14.4 Å². The number of halogens is 1. The van der Waals surface area contributed by atoms with Gasteiger partial charge in [0.25, 0.3) is 5.91 Å². The Bertz CT molecular complexity index is 560. The zero-order chi connectivity index (χ0) is 16.7. The molecule has 0 unspecified atom stereocenters. The molecule has 0 aliphatic carbocycles. The van der Waals surface area contributed by atoms with Crippen molar-refractivity contribution in [2.75, 3.05) is 13.7 Å². The first kappa shape index (κ1) is 18.0. The summed E-state index contributed by atoms with van der Waals surface area (Å²) in [4.78, 5) is 35.4. The summed E-state index contributed by atoms with van der Waals surface area (Å²) in [5, 5.41) is 5.36. The average molecular weight is 327 g/mol. The molecule has 0 aromatic heterocycles. The molecule has 0 fully saturated rings. The molecule has 120 valence electrons. The highest BCUT2D eigenvalue weighted by atomic mass is 35.5. The number of methoxy groups -OCH3 is 1. The largest absolute Gasteiger partial charge is 0.468 e. The van der Waals surface area contributed by atoms with E-state index in [0.717, 1.165) is 0 Å². The number of nitrogens with one attached hydrogen (secondary N) is 2. The summed E-state index contributed by atoms with van der Waals surface area (Å²) in [6.07, 6.45) is 0. The van der Waals surface area contributed by atoms with E-state index in [-0.39, 0.29) is 18.0 Å².